The molecule has 0 aromatic heterocycles. The lowest BCUT2D eigenvalue weighted by molar-refractivity contribution is 0.399. The summed E-state index contributed by atoms with van der Waals surface area (Å²) in [4.78, 5) is 1.25. The number of benzene rings is 1. The lowest BCUT2D eigenvalue weighted by Crippen LogP contribution is -2.21. The second kappa shape index (κ2) is 3.72. The Morgan fingerprint density at radius 3 is 2.53 bits per heavy atom. The van der Waals surface area contributed by atoms with Crippen LogP contribution in [0.3, 0.4) is 0 Å². The van der Waals surface area contributed by atoms with Crippen LogP contribution in [0.4, 0.5) is 0 Å². The molecule has 0 radical (unpaired) electrons. The zero-order valence-corrected chi connectivity index (χ0v) is 10.3. The molecule has 2 rings (SSSR count). The van der Waals surface area contributed by atoms with Gasteiger partial charge in [0.1, 0.15) is 5.75 Å². The highest BCUT2D eigenvalue weighted by Crippen LogP contribution is 2.50. The van der Waals surface area contributed by atoms with Crippen LogP contribution >= 0.6 is 11.8 Å². The van der Waals surface area contributed by atoms with E-state index >= 15 is 0 Å². The number of nitrogens with two attached hydrogens (primary N) is 1. The average molecular weight is 223 g/mol. The topological polar surface area (TPSA) is 35.2 Å². The van der Waals surface area contributed by atoms with E-state index in [0.29, 0.717) is 0 Å². The molecule has 1 aromatic rings. The lowest BCUT2D eigenvalue weighted by Gasteiger charge is -2.19. The molecule has 1 aromatic carbocycles. The normalized spacial score (nSPS) is 17.6. The van der Waals surface area contributed by atoms with Gasteiger partial charge in [-0.3, -0.25) is 0 Å². The Balaban J connectivity index is 2.60. The molecule has 1 aliphatic rings. The minimum atomic E-state index is -0.129. The summed E-state index contributed by atoms with van der Waals surface area (Å²) >= 11 is 1.74. The monoisotopic (exact) mass is 223 g/mol. The fraction of sp³-hybridized carbons (Fsp3) is 0.500. The van der Waals surface area contributed by atoms with Crippen LogP contribution in [0.25, 0.3) is 0 Å². The molecule has 0 atom stereocenters. The zero-order valence-electron chi connectivity index (χ0n) is 9.46. The Kier molecular flexibility index (Phi) is 2.69. The first-order chi connectivity index (χ1) is 7.12. The van der Waals surface area contributed by atoms with Crippen LogP contribution in [0.5, 0.6) is 5.75 Å². The van der Waals surface area contributed by atoms with Crippen molar-refractivity contribution in [2.45, 2.75) is 30.2 Å². The number of aryl methyl sites for hydroxylation is 1. The van der Waals surface area contributed by atoms with Gasteiger partial charge >= 0.3 is 0 Å². The van der Waals surface area contributed by atoms with E-state index in [-0.39, 0.29) is 5.54 Å². The van der Waals surface area contributed by atoms with E-state index in [0.717, 1.165) is 18.6 Å². The molecule has 15 heavy (non-hydrogen) atoms. The molecule has 1 aliphatic carbocycles. The SMILES string of the molecule is COc1c(C)ccc(SC)c1C1(N)CC1. The Morgan fingerprint density at radius 1 is 1.40 bits per heavy atom. The van der Waals surface area contributed by atoms with Crippen molar-refractivity contribution in [1.29, 1.82) is 0 Å². The molecule has 1 fully saturated rings. The van der Waals surface area contributed by atoms with Gasteiger partial charge in [0.25, 0.3) is 0 Å². The van der Waals surface area contributed by atoms with Gasteiger partial charge in [-0.1, -0.05) is 6.07 Å². The minimum absolute atomic E-state index is 0.129. The van der Waals surface area contributed by atoms with Gasteiger partial charge < -0.3 is 10.5 Å². The Labute approximate surface area is 95.2 Å². The van der Waals surface area contributed by atoms with Gasteiger partial charge in [-0.2, -0.15) is 0 Å². The summed E-state index contributed by atoms with van der Waals surface area (Å²) < 4.78 is 5.49. The first-order valence-electron chi connectivity index (χ1n) is 5.13. The van der Waals surface area contributed by atoms with E-state index in [2.05, 4.69) is 25.3 Å². The van der Waals surface area contributed by atoms with Crippen molar-refractivity contribution in [3.05, 3.63) is 23.3 Å². The smallest absolute Gasteiger partial charge is 0.127 e. The Hall–Kier alpha value is -0.670. The molecule has 0 aliphatic heterocycles. The van der Waals surface area contributed by atoms with Crippen molar-refractivity contribution >= 4 is 11.8 Å². The molecule has 0 spiro atoms. The maximum absolute atomic E-state index is 6.30. The molecule has 0 heterocycles. The molecule has 2 N–H and O–H groups in total. The van der Waals surface area contributed by atoms with Gasteiger partial charge in [0, 0.05) is 16.0 Å². The molecule has 3 heteroatoms. The van der Waals surface area contributed by atoms with E-state index in [1.807, 2.05) is 0 Å². The fourth-order valence-corrected chi connectivity index (χ4v) is 2.66. The summed E-state index contributed by atoms with van der Waals surface area (Å²) in [5.74, 6) is 0.974. The van der Waals surface area contributed by atoms with Crippen molar-refractivity contribution in [3.63, 3.8) is 0 Å². The highest BCUT2D eigenvalue weighted by molar-refractivity contribution is 7.98. The summed E-state index contributed by atoms with van der Waals surface area (Å²) in [6, 6.07) is 4.24. The van der Waals surface area contributed by atoms with Gasteiger partial charge in [-0.15, -0.1) is 11.8 Å². The van der Waals surface area contributed by atoms with Crippen LogP contribution in [0.15, 0.2) is 17.0 Å². The average Bonchev–Trinajstić information content (AvgIpc) is 2.97. The van der Waals surface area contributed by atoms with Crippen LogP contribution in [0.1, 0.15) is 24.0 Å². The van der Waals surface area contributed by atoms with Gasteiger partial charge in [-0.25, -0.2) is 0 Å². The van der Waals surface area contributed by atoms with Crippen LogP contribution in [0.2, 0.25) is 0 Å². The summed E-state index contributed by atoms with van der Waals surface area (Å²) in [7, 11) is 1.72. The molecule has 0 saturated heterocycles. The maximum atomic E-state index is 6.30. The first kappa shape index (κ1) is 10.8. The predicted octanol–water partition coefficient (Wildman–Crippen LogP) is 2.67. The zero-order chi connectivity index (χ0) is 11.1. The van der Waals surface area contributed by atoms with Gasteiger partial charge in [0.15, 0.2) is 0 Å². The third-order valence-electron chi connectivity index (χ3n) is 3.03. The molecule has 0 unspecified atom stereocenters. The maximum Gasteiger partial charge on any atom is 0.127 e. The molecular weight excluding hydrogens is 206 g/mol. The van der Waals surface area contributed by atoms with Crippen LogP contribution in [0, 0.1) is 6.92 Å². The number of rotatable bonds is 3. The molecular formula is C12H17NOS. The third-order valence-corrected chi connectivity index (χ3v) is 3.81. The highest BCUT2D eigenvalue weighted by Gasteiger charge is 2.44. The van der Waals surface area contributed by atoms with Crippen molar-refractivity contribution in [3.8, 4) is 5.75 Å². The van der Waals surface area contributed by atoms with E-state index in [1.165, 1.54) is 16.0 Å². The van der Waals surface area contributed by atoms with Gasteiger partial charge in [-0.05, 0) is 37.7 Å². The minimum Gasteiger partial charge on any atom is -0.496 e. The largest absolute Gasteiger partial charge is 0.496 e. The number of methoxy groups -OCH3 is 1. The van der Waals surface area contributed by atoms with E-state index < -0.39 is 0 Å². The lowest BCUT2D eigenvalue weighted by atomic mass is 10.0. The summed E-state index contributed by atoms with van der Waals surface area (Å²) in [6.45, 7) is 2.07. The van der Waals surface area contributed by atoms with Crippen molar-refractivity contribution in [2.75, 3.05) is 13.4 Å². The molecule has 2 nitrogen and oxygen atoms in total. The molecule has 0 amide bonds. The first-order valence-corrected chi connectivity index (χ1v) is 6.36. The summed E-state index contributed by atoms with van der Waals surface area (Å²) in [6.07, 6.45) is 4.22. The van der Waals surface area contributed by atoms with Gasteiger partial charge in [0.05, 0.1) is 7.11 Å². The van der Waals surface area contributed by atoms with Crippen LogP contribution < -0.4 is 10.5 Å². The van der Waals surface area contributed by atoms with E-state index in [1.54, 1.807) is 18.9 Å². The number of hydrogen-bond acceptors (Lipinski definition) is 3. The van der Waals surface area contributed by atoms with Crippen molar-refractivity contribution in [2.24, 2.45) is 5.73 Å². The number of ether oxygens (including phenoxy) is 1. The summed E-state index contributed by atoms with van der Waals surface area (Å²) in [5.41, 5.74) is 8.54. The highest BCUT2D eigenvalue weighted by atomic mass is 32.2. The fourth-order valence-electron chi connectivity index (χ4n) is 1.96. The Bertz CT molecular complexity index is 385. The van der Waals surface area contributed by atoms with E-state index in [4.69, 9.17) is 10.5 Å². The molecule has 1 saturated carbocycles. The van der Waals surface area contributed by atoms with E-state index in [9.17, 15) is 0 Å². The quantitative estimate of drug-likeness (QED) is 0.800. The van der Waals surface area contributed by atoms with Crippen molar-refractivity contribution < 1.29 is 4.74 Å². The number of hydrogen-bond donors (Lipinski definition) is 1. The van der Waals surface area contributed by atoms with Crippen molar-refractivity contribution in [1.82, 2.24) is 0 Å². The second-order valence-electron chi connectivity index (χ2n) is 4.15. The van der Waals surface area contributed by atoms with Crippen LogP contribution in [-0.2, 0) is 5.54 Å². The van der Waals surface area contributed by atoms with Crippen LogP contribution in [-0.4, -0.2) is 13.4 Å². The molecule has 0 bridgehead atoms. The Morgan fingerprint density at radius 2 is 2.07 bits per heavy atom. The summed E-state index contributed by atoms with van der Waals surface area (Å²) in [5, 5.41) is 0. The third kappa shape index (κ3) is 1.74. The predicted molar refractivity (Wildman–Crippen MR) is 64.6 cm³/mol. The number of thioether (sulfide) groups is 1. The molecule has 82 valence electrons. The van der Waals surface area contributed by atoms with Gasteiger partial charge in [0.2, 0.25) is 0 Å². The standard InChI is InChI=1S/C12H17NOS/c1-8-4-5-9(15-3)10(11(8)14-2)12(13)6-7-12/h4-5H,6-7,13H2,1-3H3. The second-order valence-corrected chi connectivity index (χ2v) is 5.00.